The zero-order valence-corrected chi connectivity index (χ0v) is 22.9. The van der Waals surface area contributed by atoms with Crippen molar-refractivity contribution in [2.24, 2.45) is 0 Å². The first-order valence-electron chi connectivity index (χ1n) is 10.9. The van der Waals surface area contributed by atoms with Crippen LogP contribution in [0, 0.1) is 11.3 Å². The lowest BCUT2D eigenvalue weighted by Crippen LogP contribution is -2.13. The lowest BCUT2D eigenvalue weighted by molar-refractivity contribution is -0.112. The largest absolute Gasteiger partial charge is 0.493 e. The zero-order valence-electron chi connectivity index (χ0n) is 19.8. The van der Waals surface area contributed by atoms with E-state index in [0.717, 1.165) is 5.56 Å². The summed E-state index contributed by atoms with van der Waals surface area (Å²) in [5, 5.41) is 13.1. The van der Waals surface area contributed by atoms with E-state index >= 15 is 0 Å². The third kappa shape index (κ3) is 7.49. The molecular formula is C27H21BrCl2N2O5. The lowest BCUT2D eigenvalue weighted by Gasteiger charge is -2.13. The fraction of sp³-hybridized carbons (Fsp3) is 0.148. The first-order valence-corrected chi connectivity index (χ1v) is 12.4. The molecule has 0 saturated carbocycles. The fourth-order valence-electron chi connectivity index (χ4n) is 3.13. The number of ether oxygens (including phenoxy) is 3. The molecular weight excluding hydrogens is 583 g/mol. The van der Waals surface area contributed by atoms with Crippen LogP contribution in [-0.2, 0) is 16.1 Å². The van der Waals surface area contributed by atoms with E-state index in [1.54, 1.807) is 49.4 Å². The number of carbonyl (C=O) groups is 2. The van der Waals surface area contributed by atoms with Crippen LogP contribution in [0.3, 0.4) is 0 Å². The number of benzene rings is 3. The van der Waals surface area contributed by atoms with Gasteiger partial charge in [0.05, 0.1) is 29.3 Å². The van der Waals surface area contributed by atoms with Crippen LogP contribution in [-0.4, -0.2) is 25.6 Å². The molecule has 3 rings (SSSR count). The molecule has 0 unspecified atom stereocenters. The predicted octanol–water partition coefficient (Wildman–Crippen LogP) is 7.07. The van der Waals surface area contributed by atoms with Crippen LogP contribution in [0.15, 0.2) is 64.6 Å². The molecule has 0 heterocycles. The third-order valence-electron chi connectivity index (χ3n) is 4.98. The van der Waals surface area contributed by atoms with Gasteiger partial charge in [-0.1, -0.05) is 45.2 Å². The van der Waals surface area contributed by atoms with Gasteiger partial charge in [-0.05, 0) is 72.7 Å². The standard InChI is InChI=1S/C27H21BrCl2N2O5/c1-3-36-27(34)17-5-7-20(8-6-17)32-26(33)19(14-31)11-18-12-24(35-2)25(13-21(18)28)37-15-16-4-9-22(29)23(30)10-16/h4-13H,3,15H2,1-2H3,(H,32,33)/b19-11+. The molecule has 1 N–H and O–H groups in total. The minimum Gasteiger partial charge on any atom is -0.493 e. The number of nitrogens with zero attached hydrogens (tertiary/aromatic N) is 1. The van der Waals surface area contributed by atoms with Gasteiger partial charge in [0.15, 0.2) is 11.5 Å². The fourth-order valence-corrected chi connectivity index (χ4v) is 3.89. The highest BCUT2D eigenvalue weighted by Crippen LogP contribution is 2.35. The molecule has 7 nitrogen and oxygen atoms in total. The molecule has 0 atom stereocenters. The van der Waals surface area contributed by atoms with Gasteiger partial charge in [0.1, 0.15) is 18.2 Å². The van der Waals surface area contributed by atoms with Gasteiger partial charge in [0.2, 0.25) is 0 Å². The average Bonchev–Trinajstić information content (AvgIpc) is 2.89. The summed E-state index contributed by atoms with van der Waals surface area (Å²) >= 11 is 15.5. The van der Waals surface area contributed by atoms with Crippen molar-refractivity contribution in [2.45, 2.75) is 13.5 Å². The number of nitrogens with one attached hydrogen (secondary N) is 1. The van der Waals surface area contributed by atoms with Crippen LogP contribution in [0.4, 0.5) is 5.69 Å². The van der Waals surface area contributed by atoms with E-state index in [9.17, 15) is 14.9 Å². The Balaban J connectivity index is 1.76. The number of hydrogen-bond donors (Lipinski definition) is 1. The predicted molar refractivity (Wildman–Crippen MR) is 146 cm³/mol. The zero-order chi connectivity index (χ0) is 26.9. The molecule has 10 heteroatoms. The van der Waals surface area contributed by atoms with Gasteiger partial charge in [-0.15, -0.1) is 0 Å². The Bertz CT molecular complexity index is 1380. The molecule has 37 heavy (non-hydrogen) atoms. The second-order valence-electron chi connectivity index (χ2n) is 7.48. The summed E-state index contributed by atoms with van der Waals surface area (Å²) in [6.45, 7) is 2.20. The minimum absolute atomic E-state index is 0.137. The van der Waals surface area contributed by atoms with Crippen molar-refractivity contribution < 1.29 is 23.8 Å². The maximum Gasteiger partial charge on any atom is 0.338 e. The van der Waals surface area contributed by atoms with Crippen LogP contribution in [0.1, 0.15) is 28.4 Å². The molecule has 1 amide bonds. The van der Waals surface area contributed by atoms with Gasteiger partial charge in [0, 0.05) is 10.2 Å². The van der Waals surface area contributed by atoms with Gasteiger partial charge in [-0.25, -0.2) is 4.79 Å². The molecule has 0 spiro atoms. The first kappa shape index (κ1) is 28.1. The number of esters is 1. The molecule has 0 bridgehead atoms. The van der Waals surface area contributed by atoms with Crippen molar-refractivity contribution in [3.05, 3.63) is 91.4 Å². The molecule has 0 aliphatic rings. The van der Waals surface area contributed by atoms with Crippen LogP contribution in [0.25, 0.3) is 6.08 Å². The lowest BCUT2D eigenvalue weighted by atomic mass is 10.1. The highest BCUT2D eigenvalue weighted by molar-refractivity contribution is 9.10. The number of hydrogen-bond acceptors (Lipinski definition) is 6. The number of anilines is 1. The Morgan fingerprint density at radius 2 is 1.78 bits per heavy atom. The smallest absolute Gasteiger partial charge is 0.338 e. The Hall–Kier alpha value is -3.51. The third-order valence-corrected chi connectivity index (χ3v) is 6.41. The van der Waals surface area contributed by atoms with E-state index in [4.69, 9.17) is 37.4 Å². The summed E-state index contributed by atoms with van der Waals surface area (Å²) in [4.78, 5) is 24.5. The molecule has 0 fully saturated rings. The Kier molecular flexibility index (Phi) is 9.98. The van der Waals surface area contributed by atoms with Crippen molar-refractivity contribution in [1.82, 2.24) is 0 Å². The summed E-state index contributed by atoms with van der Waals surface area (Å²) in [7, 11) is 1.49. The number of nitriles is 1. The van der Waals surface area contributed by atoms with Crippen LogP contribution in [0.5, 0.6) is 11.5 Å². The summed E-state index contributed by atoms with van der Waals surface area (Å²) in [5.41, 5.74) is 1.98. The summed E-state index contributed by atoms with van der Waals surface area (Å²) in [6, 6.07) is 16.6. The first-order chi connectivity index (χ1) is 17.7. The maximum atomic E-state index is 12.7. The number of halogens is 3. The molecule has 0 aromatic heterocycles. The molecule has 3 aromatic rings. The molecule has 0 aliphatic carbocycles. The van der Waals surface area contributed by atoms with E-state index in [1.807, 2.05) is 6.07 Å². The number of carbonyl (C=O) groups excluding carboxylic acids is 2. The summed E-state index contributed by atoms with van der Waals surface area (Å²) in [5.74, 6) is -0.220. The van der Waals surface area contributed by atoms with Gasteiger partial charge in [0.25, 0.3) is 5.91 Å². The second-order valence-corrected chi connectivity index (χ2v) is 9.15. The van der Waals surface area contributed by atoms with Gasteiger partial charge in [-0.3, -0.25) is 4.79 Å². The summed E-state index contributed by atoms with van der Waals surface area (Å²) < 4.78 is 16.9. The van der Waals surface area contributed by atoms with Crippen LogP contribution < -0.4 is 14.8 Å². The Labute approximate surface area is 232 Å². The van der Waals surface area contributed by atoms with Crippen molar-refractivity contribution in [3.63, 3.8) is 0 Å². The second kappa shape index (κ2) is 13.2. The van der Waals surface area contributed by atoms with E-state index in [1.165, 1.54) is 25.3 Å². The van der Waals surface area contributed by atoms with E-state index in [2.05, 4.69) is 21.2 Å². The minimum atomic E-state index is -0.614. The quantitative estimate of drug-likeness (QED) is 0.160. The van der Waals surface area contributed by atoms with E-state index in [-0.39, 0.29) is 18.8 Å². The number of methoxy groups -OCH3 is 1. The van der Waals surface area contributed by atoms with E-state index in [0.29, 0.717) is 42.8 Å². The molecule has 3 aromatic carbocycles. The number of rotatable bonds is 9. The molecule has 0 saturated heterocycles. The van der Waals surface area contributed by atoms with Crippen molar-refractivity contribution in [1.29, 1.82) is 5.26 Å². The van der Waals surface area contributed by atoms with Gasteiger partial charge < -0.3 is 19.5 Å². The van der Waals surface area contributed by atoms with Crippen molar-refractivity contribution in [3.8, 4) is 17.6 Å². The van der Waals surface area contributed by atoms with Crippen molar-refractivity contribution in [2.75, 3.05) is 19.0 Å². The highest BCUT2D eigenvalue weighted by Gasteiger charge is 2.15. The average molecular weight is 604 g/mol. The summed E-state index contributed by atoms with van der Waals surface area (Å²) in [6.07, 6.45) is 1.43. The Morgan fingerprint density at radius 1 is 1.05 bits per heavy atom. The highest BCUT2D eigenvalue weighted by atomic mass is 79.9. The maximum absolute atomic E-state index is 12.7. The normalized spacial score (nSPS) is 10.9. The molecule has 0 radical (unpaired) electrons. The number of amides is 1. The van der Waals surface area contributed by atoms with Crippen LogP contribution in [0.2, 0.25) is 10.0 Å². The van der Waals surface area contributed by atoms with Crippen molar-refractivity contribution >= 4 is 62.8 Å². The van der Waals surface area contributed by atoms with Gasteiger partial charge >= 0.3 is 5.97 Å². The topological polar surface area (TPSA) is 97.7 Å². The van der Waals surface area contributed by atoms with Crippen LogP contribution >= 0.6 is 39.1 Å². The monoisotopic (exact) mass is 602 g/mol. The SMILES string of the molecule is CCOC(=O)c1ccc(NC(=O)/C(C#N)=C/c2cc(OC)c(OCc3ccc(Cl)c(Cl)c3)cc2Br)cc1. The molecule has 0 aliphatic heterocycles. The molecule has 190 valence electrons. The van der Waals surface area contributed by atoms with E-state index < -0.39 is 11.9 Å². The van der Waals surface area contributed by atoms with Gasteiger partial charge in [-0.2, -0.15) is 5.26 Å². The Morgan fingerprint density at radius 3 is 2.41 bits per heavy atom.